The van der Waals surface area contributed by atoms with Gasteiger partial charge in [0.05, 0.1) is 0 Å². The predicted molar refractivity (Wildman–Crippen MR) is 161 cm³/mol. The van der Waals surface area contributed by atoms with Gasteiger partial charge in [0.2, 0.25) is 17.7 Å². The number of fused-ring (bicyclic) bond motifs is 1. The topological polar surface area (TPSA) is 120 Å². The lowest BCUT2D eigenvalue weighted by Gasteiger charge is -2.28. The van der Waals surface area contributed by atoms with Gasteiger partial charge in [-0.3, -0.25) is 14.4 Å². The second-order valence-electron chi connectivity index (χ2n) is 11.4. The maximum Gasteiger partial charge on any atom is 0.319 e. The molecule has 3 aromatic rings. The first-order valence-corrected chi connectivity index (χ1v) is 13.6. The SMILES string of the molecule is CC(=O)Nc1cccc(C2CC(NC(=O)Nc3ccc(C)cc3)C(=O)N(CC(=O)NC(C)(C)C)c3ccccc32)c1. The molecule has 3 aromatic carbocycles. The quantitative estimate of drug-likeness (QED) is 0.345. The second kappa shape index (κ2) is 12.2. The zero-order valence-electron chi connectivity index (χ0n) is 24.1. The summed E-state index contributed by atoms with van der Waals surface area (Å²) in [6.07, 6.45) is 0.248. The van der Waals surface area contributed by atoms with Gasteiger partial charge in [-0.1, -0.05) is 48.0 Å². The average Bonchev–Trinajstić information content (AvgIpc) is 2.99. The number of carbonyl (C=O) groups excluding carboxylic acids is 4. The summed E-state index contributed by atoms with van der Waals surface area (Å²) in [6, 6.07) is 20.8. The molecule has 0 saturated carbocycles. The highest BCUT2D eigenvalue weighted by Crippen LogP contribution is 2.39. The fourth-order valence-electron chi connectivity index (χ4n) is 5.00. The van der Waals surface area contributed by atoms with Crippen molar-refractivity contribution < 1.29 is 19.2 Å². The van der Waals surface area contributed by atoms with Crippen molar-refractivity contribution in [3.8, 4) is 0 Å². The zero-order valence-corrected chi connectivity index (χ0v) is 24.1. The molecule has 1 heterocycles. The Kier molecular flexibility index (Phi) is 8.76. The highest BCUT2D eigenvalue weighted by atomic mass is 16.2. The highest BCUT2D eigenvalue weighted by molar-refractivity contribution is 6.05. The van der Waals surface area contributed by atoms with E-state index in [0.29, 0.717) is 17.1 Å². The largest absolute Gasteiger partial charge is 0.350 e. The molecular weight excluding hydrogens is 518 g/mol. The maximum atomic E-state index is 14.1. The van der Waals surface area contributed by atoms with Crippen LogP contribution in [0, 0.1) is 6.92 Å². The summed E-state index contributed by atoms with van der Waals surface area (Å²) in [5, 5.41) is 11.4. The van der Waals surface area contributed by atoms with Gasteiger partial charge in [0.25, 0.3) is 0 Å². The lowest BCUT2D eigenvalue weighted by molar-refractivity contribution is -0.125. The third-order valence-corrected chi connectivity index (χ3v) is 6.68. The zero-order chi connectivity index (χ0) is 29.7. The molecule has 0 saturated heterocycles. The second-order valence-corrected chi connectivity index (χ2v) is 11.4. The fraction of sp³-hybridized carbons (Fsp3) is 0.312. The number of benzene rings is 3. The Labute approximate surface area is 240 Å². The number of amides is 5. The number of nitrogens with one attached hydrogen (secondary N) is 4. The average molecular weight is 556 g/mol. The number of anilines is 3. The first-order chi connectivity index (χ1) is 19.4. The number of aryl methyl sites for hydroxylation is 1. The molecule has 4 N–H and O–H groups in total. The summed E-state index contributed by atoms with van der Waals surface area (Å²) in [5.74, 6) is -1.21. The van der Waals surface area contributed by atoms with Gasteiger partial charge in [0.15, 0.2) is 0 Å². The van der Waals surface area contributed by atoms with Crippen LogP contribution < -0.4 is 26.2 Å². The Bertz CT molecular complexity index is 1440. The van der Waals surface area contributed by atoms with E-state index in [9.17, 15) is 19.2 Å². The van der Waals surface area contributed by atoms with Gasteiger partial charge in [-0.15, -0.1) is 0 Å². The van der Waals surface area contributed by atoms with Gasteiger partial charge in [-0.25, -0.2) is 4.79 Å². The normalized spacial score (nSPS) is 16.7. The van der Waals surface area contributed by atoms with Gasteiger partial charge in [-0.2, -0.15) is 0 Å². The summed E-state index contributed by atoms with van der Waals surface area (Å²) in [4.78, 5) is 53.4. The molecule has 9 nitrogen and oxygen atoms in total. The molecule has 0 spiro atoms. The summed E-state index contributed by atoms with van der Waals surface area (Å²) in [5.41, 5.74) is 4.10. The third-order valence-electron chi connectivity index (χ3n) is 6.68. The Balaban J connectivity index is 1.72. The van der Waals surface area contributed by atoms with Crippen molar-refractivity contribution in [2.45, 2.75) is 58.5 Å². The Morgan fingerprint density at radius 3 is 2.29 bits per heavy atom. The monoisotopic (exact) mass is 555 g/mol. The molecule has 5 amide bonds. The number of hydrogen-bond acceptors (Lipinski definition) is 4. The van der Waals surface area contributed by atoms with Crippen molar-refractivity contribution in [3.05, 3.63) is 89.5 Å². The minimum atomic E-state index is -0.940. The van der Waals surface area contributed by atoms with Crippen LogP contribution in [0.15, 0.2) is 72.8 Å². The minimum absolute atomic E-state index is 0.193. The van der Waals surface area contributed by atoms with E-state index >= 15 is 0 Å². The molecule has 0 radical (unpaired) electrons. The van der Waals surface area contributed by atoms with Crippen LogP contribution in [0.3, 0.4) is 0 Å². The van der Waals surface area contributed by atoms with Crippen LogP contribution >= 0.6 is 0 Å². The van der Waals surface area contributed by atoms with E-state index in [1.807, 2.05) is 82.3 Å². The number of carbonyl (C=O) groups is 4. The Hall–Kier alpha value is -4.66. The van der Waals surface area contributed by atoms with Gasteiger partial charge in [-0.05, 0) is 75.6 Å². The first kappa shape index (κ1) is 29.3. The molecule has 2 unspecified atom stereocenters. The molecular formula is C32H37N5O4. The Morgan fingerprint density at radius 2 is 1.61 bits per heavy atom. The van der Waals surface area contributed by atoms with E-state index < -0.39 is 17.6 Å². The van der Waals surface area contributed by atoms with Crippen LogP contribution in [-0.4, -0.2) is 41.9 Å². The molecule has 1 aliphatic heterocycles. The van der Waals surface area contributed by atoms with Gasteiger partial charge < -0.3 is 26.2 Å². The molecule has 4 rings (SSSR count). The van der Waals surface area contributed by atoms with Gasteiger partial charge in [0, 0.05) is 35.4 Å². The predicted octanol–water partition coefficient (Wildman–Crippen LogP) is 4.93. The lowest BCUT2D eigenvalue weighted by atomic mass is 9.86. The Morgan fingerprint density at radius 1 is 0.902 bits per heavy atom. The van der Waals surface area contributed by atoms with E-state index in [0.717, 1.165) is 16.7 Å². The van der Waals surface area contributed by atoms with Crippen molar-refractivity contribution in [1.82, 2.24) is 10.6 Å². The molecule has 0 bridgehead atoms. The maximum absolute atomic E-state index is 14.1. The number of urea groups is 1. The van der Waals surface area contributed by atoms with E-state index in [1.165, 1.54) is 11.8 Å². The smallest absolute Gasteiger partial charge is 0.319 e. The van der Waals surface area contributed by atoms with Crippen LogP contribution in [0.4, 0.5) is 21.9 Å². The highest BCUT2D eigenvalue weighted by Gasteiger charge is 2.37. The molecule has 0 fully saturated rings. The molecule has 0 aliphatic carbocycles. The van der Waals surface area contributed by atoms with Gasteiger partial charge in [0.1, 0.15) is 12.6 Å². The van der Waals surface area contributed by atoms with Crippen molar-refractivity contribution >= 4 is 40.8 Å². The van der Waals surface area contributed by atoms with Crippen molar-refractivity contribution in [1.29, 1.82) is 0 Å². The lowest BCUT2D eigenvalue weighted by Crippen LogP contribution is -2.53. The summed E-state index contributed by atoms with van der Waals surface area (Å²) < 4.78 is 0. The molecule has 9 heteroatoms. The molecule has 2 atom stereocenters. The van der Waals surface area contributed by atoms with Crippen LogP contribution in [0.25, 0.3) is 0 Å². The van der Waals surface area contributed by atoms with E-state index in [-0.39, 0.29) is 36.6 Å². The molecule has 0 aromatic heterocycles. The van der Waals surface area contributed by atoms with Crippen molar-refractivity contribution in [3.63, 3.8) is 0 Å². The number of nitrogens with zero attached hydrogens (tertiary/aromatic N) is 1. The van der Waals surface area contributed by atoms with E-state index in [1.54, 1.807) is 18.2 Å². The summed E-state index contributed by atoms with van der Waals surface area (Å²) >= 11 is 0. The van der Waals surface area contributed by atoms with Crippen molar-refractivity contribution in [2.24, 2.45) is 0 Å². The molecule has 1 aliphatic rings. The summed E-state index contributed by atoms with van der Waals surface area (Å²) in [7, 11) is 0. The van der Waals surface area contributed by atoms with E-state index in [2.05, 4.69) is 21.3 Å². The molecule has 41 heavy (non-hydrogen) atoms. The fourth-order valence-corrected chi connectivity index (χ4v) is 5.00. The number of hydrogen-bond donors (Lipinski definition) is 4. The van der Waals surface area contributed by atoms with Crippen molar-refractivity contribution in [2.75, 3.05) is 22.1 Å². The third kappa shape index (κ3) is 7.72. The van der Waals surface area contributed by atoms with Crippen LogP contribution in [0.1, 0.15) is 56.7 Å². The van der Waals surface area contributed by atoms with Crippen LogP contribution in [0.5, 0.6) is 0 Å². The van der Waals surface area contributed by atoms with Crippen LogP contribution in [0.2, 0.25) is 0 Å². The van der Waals surface area contributed by atoms with Crippen LogP contribution in [-0.2, 0) is 14.4 Å². The standard InChI is InChI=1S/C32H37N5O4/c1-20-13-15-23(16-14-20)34-31(41)35-27-18-26(22-9-8-10-24(17-22)33-21(2)38)25-11-6-7-12-28(25)37(30(27)40)19-29(39)36-32(3,4)5/h6-17,26-27H,18-19H2,1-5H3,(H,33,38)(H,36,39)(H2,34,35,41). The first-order valence-electron chi connectivity index (χ1n) is 13.6. The molecule has 214 valence electrons. The summed E-state index contributed by atoms with van der Waals surface area (Å²) in [6.45, 7) is 8.82. The number of rotatable bonds is 6. The number of para-hydroxylation sites is 1. The minimum Gasteiger partial charge on any atom is -0.350 e. The van der Waals surface area contributed by atoms with E-state index in [4.69, 9.17) is 0 Å². The van der Waals surface area contributed by atoms with Gasteiger partial charge >= 0.3 is 6.03 Å².